The lowest BCUT2D eigenvalue weighted by atomic mass is 9.97. The normalized spacial score (nSPS) is 16.0. The van der Waals surface area contributed by atoms with Crippen LogP contribution >= 0.6 is 11.3 Å². The molecule has 0 spiro atoms. The fraction of sp³-hybridized carbons (Fsp3) is 0.438. The van der Waals surface area contributed by atoms with Gasteiger partial charge in [0.15, 0.2) is 0 Å². The molecule has 1 saturated heterocycles. The number of amides is 1. The fourth-order valence-corrected chi connectivity index (χ4v) is 4.05. The van der Waals surface area contributed by atoms with Gasteiger partial charge in [-0.15, -0.1) is 11.3 Å². The third-order valence-corrected chi connectivity index (χ3v) is 5.42. The summed E-state index contributed by atoms with van der Waals surface area (Å²) in [4.78, 5) is 25.6. The van der Waals surface area contributed by atoms with Gasteiger partial charge in [0.1, 0.15) is 0 Å². The highest BCUT2D eigenvalue weighted by molar-refractivity contribution is 7.20. The van der Waals surface area contributed by atoms with Crippen molar-refractivity contribution < 1.29 is 9.72 Å². The maximum atomic E-state index is 12.6. The van der Waals surface area contributed by atoms with Gasteiger partial charge in [0.25, 0.3) is 11.6 Å². The first-order valence-electron chi connectivity index (χ1n) is 7.70. The van der Waals surface area contributed by atoms with Crippen molar-refractivity contribution in [3.8, 4) is 0 Å². The number of nitrogens with zero attached hydrogens (tertiary/aromatic N) is 2. The number of carbonyl (C=O) groups excluding carboxylic acids is 1. The zero-order chi connectivity index (χ0) is 16.4. The van der Waals surface area contributed by atoms with Crippen molar-refractivity contribution in [1.29, 1.82) is 0 Å². The Balaban J connectivity index is 1.75. The second-order valence-corrected chi connectivity index (χ2v) is 6.97. The van der Waals surface area contributed by atoms with Crippen LogP contribution in [0.25, 0.3) is 10.1 Å². The number of hydrogen-bond acceptors (Lipinski definition) is 5. The third-order valence-electron chi connectivity index (χ3n) is 4.32. The number of carbonyl (C=O) groups is 1. The summed E-state index contributed by atoms with van der Waals surface area (Å²) in [6, 6.07) is 6.50. The Labute approximate surface area is 138 Å². The Morgan fingerprint density at radius 1 is 1.39 bits per heavy atom. The highest BCUT2D eigenvalue weighted by atomic mass is 32.1. The molecule has 1 aromatic heterocycles. The highest BCUT2D eigenvalue weighted by Gasteiger charge is 2.24. The highest BCUT2D eigenvalue weighted by Crippen LogP contribution is 2.30. The summed E-state index contributed by atoms with van der Waals surface area (Å²) in [5.41, 5.74) is 0.0576. The topological polar surface area (TPSA) is 75.5 Å². The van der Waals surface area contributed by atoms with Crippen LogP contribution in [0.4, 0.5) is 5.69 Å². The van der Waals surface area contributed by atoms with Gasteiger partial charge in [0.2, 0.25) is 0 Å². The first-order valence-corrected chi connectivity index (χ1v) is 8.52. The van der Waals surface area contributed by atoms with Crippen LogP contribution in [0.5, 0.6) is 0 Å². The van der Waals surface area contributed by atoms with E-state index >= 15 is 0 Å². The molecule has 2 heterocycles. The lowest BCUT2D eigenvalue weighted by Crippen LogP contribution is -2.40. The SMILES string of the molecule is CNCC1CCN(C(=O)c2cc3cc([N+](=O)[O-])ccc3s2)CC1. The van der Waals surface area contributed by atoms with Crippen molar-refractivity contribution >= 4 is 33.0 Å². The molecular formula is C16H19N3O3S. The Hall–Kier alpha value is -1.99. The monoisotopic (exact) mass is 333 g/mol. The van der Waals surface area contributed by atoms with Gasteiger partial charge in [-0.1, -0.05) is 0 Å². The van der Waals surface area contributed by atoms with E-state index in [1.165, 1.54) is 23.5 Å². The van der Waals surface area contributed by atoms with Crippen molar-refractivity contribution in [3.05, 3.63) is 39.3 Å². The molecule has 0 unspecified atom stereocenters. The van der Waals surface area contributed by atoms with Crippen LogP contribution in [0.3, 0.4) is 0 Å². The number of rotatable bonds is 4. The Kier molecular flexibility index (Phi) is 4.58. The summed E-state index contributed by atoms with van der Waals surface area (Å²) in [5, 5.41) is 14.8. The van der Waals surface area contributed by atoms with Crippen LogP contribution in [-0.4, -0.2) is 42.4 Å². The minimum absolute atomic E-state index is 0.0387. The molecule has 1 aromatic carbocycles. The van der Waals surface area contributed by atoms with E-state index in [0.717, 1.165) is 42.6 Å². The van der Waals surface area contributed by atoms with E-state index in [2.05, 4.69) is 5.32 Å². The predicted molar refractivity (Wildman–Crippen MR) is 91.0 cm³/mol. The standard InChI is InChI=1S/C16H19N3O3S/c1-17-10-11-4-6-18(7-5-11)16(20)15-9-12-8-13(19(21)22)2-3-14(12)23-15/h2-3,8-9,11,17H,4-7,10H2,1H3. The number of piperidine rings is 1. The van der Waals surface area contributed by atoms with Gasteiger partial charge in [0.05, 0.1) is 9.80 Å². The maximum Gasteiger partial charge on any atom is 0.270 e. The molecular weight excluding hydrogens is 314 g/mol. The summed E-state index contributed by atoms with van der Waals surface area (Å²) in [7, 11) is 1.95. The van der Waals surface area contributed by atoms with Crippen LogP contribution in [-0.2, 0) is 0 Å². The zero-order valence-corrected chi connectivity index (χ0v) is 13.8. The molecule has 1 fully saturated rings. The zero-order valence-electron chi connectivity index (χ0n) is 12.9. The summed E-state index contributed by atoms with van der Waals surface area (Å²) < 4.78 is 0.906. The first kappa shape index (κ1) is 15.9. The minimum Gasteiger partial charge on any atom is -0.338 e. The Morgan fingerprint density at radius 3 is 2.78 bits per heavy atom. The first-order chi connectivity index (χ1) is 11.1. The molecule has 0 aliphatic carbocycles. The van der Waals surface area contributed by atoms with Gasteiger partial charge in [-0.3, -0.25) is 14.9 Å². The molecule has 1 aliphatic rings. The number of non-ortho nitro benzene ring substituents is 1. The molecule has 2 aromatic rings. The average molecular weight is 333 g/mol. The summed E-state index contributed by atoms with van der Waals surface area (Å²) in [6.45, 7) is 2.55. The average Bonchev–Trinajstić information content (AvgIpc) is 2.98. The molecule has 3 rings (SSSR count). The number of benzene rings is 1. The molecule has 1 N–H and O–H groups in total. The molecule has 0 atom stereocenters. The molecule has 122 valence electrons. The number of nitro groups is 1. The quantitative estimate of drug-likeness (QED) is 0.689. The van der Waals surface area contributed by atoms with E-state index in [4.69, 9.17) is 0 Å². The molecule has 7 heteroatoms. The molecule has 1 amide bonds. The maximum absolute atomic E-state index is 12.6. The van der Waals surface area contributed by atoms with Crippen LogP contribution in [0.2, 0.25) is 0 Å². The number of hydrogen-bond donors (Lipinski definition) is 1. The number of likely N-dealkylation sites (tertiary alicyclic amines) is 1. The number of nitrogens with one attached hydrogen (secondary N) is 1. The Morgan fingerprint density at radius 2 is 2.13 bits per heavy atom. The number of thiophene rings is 1. The van der Waals surface area contributed by atoms with Crippen molar-refractivity contribution in [2.45, 2.75) is 12.8 Å². The largest absolute Gasteiger partial charge is 0.338 e. The van der Waals surface area contributed by atoms with Crippen LogP contribution in [0.15, 0.2) is 24.3 Å². The van der Waals surface area contributed by atoms with Gasteiger partial charge in [-0.2, -0.15) is 0 Å². The summed E-state index contributed by atoms with van der Waals surface area (Å²) >= 11 is 1.40. The molecule has 0 saturated carbocycles. The lowest BCUT2D eigenvalue weighted by Gasteiger charge is -2.31. The predicted octanol–water partition coefficient (Wildman–Crippen LogP) is 2.88. The van der Waals surface area contributed by atoms with Crippen molar-refractivity contribution in [1.82, 2.24) is 10.2 Å². The van der Waals surface area contributed by atoms with Crippen molar-refractivity contribution in [2.24, 2.45) is 5.92 Å². The summed E-state index contributed by atoms with van der Waals surface area (Å²) in [5.74, 6) is 0.672. The van der Waals surface area contributed by atoms with Gasteiger partial charge in [-0.05, 0) is 44.5 Å². The Bertz CT molecular complexity index is 735. The number of fused-ring (bicyclic) bond motifs is 1. The van der Waals surface area contributed by atoms with Crippen molar-refractivity contribution in [2.75, 3.05) is 26.7 Å². The van der Waals surface area contributed by atoms with E-state index in [9.17, 15) is 14.9 Å². The van der Waals surface area contributed by atoms with Gasteiger partial charge in [0, 0.05) is 35.3 Å². The second-order valence-electron chi connectivity index (χ2n) is 5.88. The van der Waals surface area contributed by atoms with Gasteiger partial charge < -0.3 is 10.2 Å². The van der Waals surface area contributed by atoms with Gasteiger partial charge in [-0.25, -0.2) is 0 Å². The van der Waals surface area contributed by atoms with E-state index in [1.54, 1.807) is 12.1 Å². The van der Waals surface area contributed by atoms with Crippen LogP contribution in [0, 0.1) is 16.0 Å². The second kappa shape index (κ2) is 6.64. The van der Waals surface area contributed by atoms with Crippen LogP contribution in [0.1, 0.15) is 22.5 Å². The van der Waals surface area contributed by atoms with Gasteiger partial charge >= 0.3 is 0 Å². The fourth-order valence-electron chi connectivity index (χ4n) is 3.03. The summed E-state index contributed by atoms with van der Waals surface area (Å²) in [6.07, 6.45) is 2.03. The third kappa shape index (κ3) is 3.35. The van der Waals surface area contributed by atoms with E-state index in [-0.39, 0.29) is 11.6 Å². The van der Waals surface area contributed by atoms with E-state index < -0.39 is 4.92 Å². The molecule has 23 heavy (non-hydrogen) atoms. The van der Waals surface area contributed by atoms with E-state index in [1.807, 2.05) is 11.9 Å². The molecule has 0 radical (unpaired) electrons. The molecule has 0 bridgehead atoms. The van der Waals surface area contributed by atoms with Crippen molar-refractivity contribution in [3.63, 3.8) is 0 Å². The van der Waals surface area contributed by atoms with Crippen LogP contribution < -0.4 is 5.32 Å². The number of nitro benzene ring substituents is 1. The molecule has 1 aliphatic heterocycles. The minimum atomic E-state index is -0.412. The molecule has 6 nitrogen and oxygen atoms in total. The smallest absolute Gasteiger partial charge is 0.270 e. The van der Waals surface area contributed by atoms with E-state index in [0.29, 0.717) is 10.8 Å². The lowest BCUT2D eigenvalue weighted by molar-refractivity contribution is -0.384.